The molecule has 0 aliphatic heterocycles. The number of aliphatic hydroxyl groups excluding tert-OH is 1. The second-order valence-electron chi connectivity index (χ2n) is 4.40. The van der Waals surface area contributed by atoms with Gasteiger partial charge < -0.3 is 10.0 Å². The minimum absolute atomic E-state index is 0.0479. The van der Waals surface area contributed by atoms with Gasteiger partial charge in [-0.15, -0.1) is 5.10 Å². The molecule has 0 saturated heterocycles. The van der Waals surface area contributed by atoms with Crippen molar-refractivity contribution in [3.63, 3.8) is 0 Å². The Labute approximate surface area is 115 Å². The molecule has 1 N–H and O–H groups in total. The number of hydrogen-bond acceptors (Lipinski definition) is 5. The van der Waals surface area contributed by atoms with Gasteiger partial charge in [-0.2, -0.15) is 11.3 Å². The van der Waals surface area contributed by atoms with E-state index < -0.39 is 6.10 Å². The van der Waals surface area contributed by atoms with Crippen LogP contribution in [0.1, 0.15) is 24.3 Å². The third kappa shape index (κ3) is 3.62. The predicted molar refractivity (Wildman–Crippen MR) is 71.4 cm³/mol. The third-order valence-electron chi connectivity index (χ3n) is 2.71. The van der Waals surface area contributed by atoms with Gasteiger partial charge in [-0.05, 0) is 29.3 Å². The Bertz CT molecular complexity index is 536. The van der Waals surface area contributed by atoms with Crippen LogP contribution in [0.3, 0.4) is 0 Å². The highest BCUT2D eigenvalue weighted by Crippen LogP contribution is 2.09. The molecule has 0 bridgehead atoms. The van der Waals surface area contributed by atoms with Crippen LogP contribution in [0.2, 0.25) is 0 Å². The summed E-state index contributed by atoms with van der Waals surface area (Å²) in [6, 6.07) is 2.00. The summed E-state index contributed by atoms with van der Waals surface area (Å²) in [5.41, 5.74) is 1.58. The zero-order valence-electron chi connectivity index (χ0n) is 10.9. The fourth-order valence-corrected chi connectivity index (χ4v) is 2.25. The summed E-state index contributed by atoms with van der Waals surface area (Å²) in [4.78, 5) is 13.6. The van der Waals surface area contributed by atoms with Crippen LogP contribution in [0.5, 0.6) is 0 Å². The summed E-state index contributed by atoms with van der Waals surface area (Å²) in [7, 11) is 1.76. The van der Waals surface area contributed by atoms with E-state index in [2.05, 4.69) is 10.3 Å². The largest absolute Gasteiger partial charge is 0.387 e. The lowest BCUT2D eigenvalue weighted by atomic mass is 10.3. The van der Waals surface area contributed by atoms with Crippen LogP contribution in [0, 0.1) is 0 Å². The fourth-order valence-electron chi connectivity index (χ4n) is 1.59. The molecule has 2 aromatic rings. The van der Waals surface area contributed by atoms with Gasteiger partial charge in [0.05, 0.1) is 12.3 Å². The fraction of sp³-hybridized carbons (Fsp3) is 0.417. The molecular weight excluding hydrogens is 264 g/mol. The van der Waals surface area contributed by atoms with Crippen molar-refractivity contribution in [2.24, 2.45) is 0 Å². The van der Waals surface area contributed by atoms with Crippen molar-refractivity contribution in [2.75, 3.05) is 7.05 Å². The number of likely N-dealkylation sites (N-methyl/N-ethyl adjacent to an activating group) is 1. The van der Waals surface area contributed by atoms with Crippen LogP contribution in [0.4, 0.5) is 0 Å². The molecule has 0 radical (unpaired) electrons. The lowest BCUT2D eigenvalue weighted by molar-refractivity contribution is -0.131. The number of nitrogens with zero attached hydrogens (tertiary/aromatic N) is 4. The van der Waals surface area contributed by atoms with Gasteiger partial charge in [-0.25, -0.2) is 4.68 Å². The SMILES string of the molecule is CC(O)c1cn(CC(=O)N(C)Cc2ccsc2)nn1. The van der Waals surface area contributed by atoms with Gasteiger partial charge in [-0.1, -0.05) is 5.21 Å². The summed E-state index contributed by atoms with van der Waals surface area (Å²) in [6.45, 7) is 2.32. The molecule has 6 nitrogen and oxygen atoms in total. The number of hydrogen-bond donors (Lipinski definition) is 1. The van der Waals surface area contributed by atoms with Gasteiger partial charge in [0.1, 0.15) is 12.2 Å². The molecule has 0 spiro atoms. The maximum Gasteiger partial charge on any atom is 0.244 e. The number of aliphatic hydroxyl groups is 1. The van der Waals surface area contributed by atoms with Gasteiger partial charge in [0.2, 0.25) is 5.91 Å². The van der Waals surface area contributed by atoms with E-state index in [1.807, 2.05) is 16.8 Å². The van der Waals surface area contributed by atoms with Crippen molar-refractivity contribution in [1.82, 2.24) is 19.9 Å². The minimum Gasteiger partial charge on any atom is -0.387 e. The van der Waals surface area contributed by atoms with E-state index in [0.717, 1.165) is 5.56 Å². The number of carbonyl (C=O) groups excluding carboxylic acids is 1. The van der Waals surface area contributed by atoms with Crippen LogP contribution < -0.4 is 0 Å². The molecule has 0 fully saturated rings. The van der Waals surface area contributed by atoms with E-state index in [0.29, 0.717) is 12.2 Å². The minimum atomic E-state index is -0.674. The highest BCUT2D eigenvalue weighted by molar-refractivity contribution is 7.07. The Hall–Kier alpha value is -1.73. The molecule has 102 valence electrons. The average molecular weight is 280 g/mol. The van der Waals surface area contributed by atoms with Crippen molar-refractivity contribution in [3.05, 3.63) is 34.3 Å². The highest BCUT2D eigenvalue weighted by Gasteiger charge is 2.13. The maximum atomic E-state index is 12.0. The van der Waals surface area contributed by atoms with Gasteiger partial charge in [-0.3, -0.25) is 4.79 Å². The molecule has 1 unspecified atom stereocenters. The van der Waals surface area contributed by atoms with Crippen LogP contribution in [0.25, 0.3) is 0 Å². The Balaban J connectivity index is 1.92. The number of thiophene rings is 1. The molecule has 2 rings (SSSR count). The molecule has 2 heterocycles. The quantitative estimate of drug-likeness (QED) is 0.888. The van der Waals surface area contributed by atoms with E-state index in [-0.39, 0.29) is 12.5 Å². The Morgan fingerprint density at radius 1 is 1.63 bits per heavy atom. The van der Waals surface area contributed by atoms with Crippen molar-refractivity contribution in [2.45, 2.75) is 26.1 Å². The van der Waals surface area contributed by atoms with Crippen LogP contribution in [-0.2, 0) is 17.9 Å². The summed E-state index contributed by atoms with van der Waals surface area (Å²) in [5.74, 6) is -0.0479. The zero-order valence-corrected chi connectivity index (χ0v) is 11.7. The maximum absolute atomic E-state index is 12.0. The van der Waals surface area contributed by atoms with Crippen molar-refractivity contribution >= 4 is 17.2 Å². The van der Waals surface area contributed by atoms with E-state index in [9.17, 15) is 9.90 Å². The standard InChI is InChI=1S/C12H16N4O2S/c1-9(17)11-6-16(14-13-11)7-12(18)15(2)5-10-3-4-19-8-10/h3-4,6,8-9,17H,5,7H2,1-2H3. The molecule has 1 atom stereocenters. The number of carbonyl (C=O) groups is 1. The Kier molecular flexibility index (Phi) is 4.28. The molecule has 7 heteroatoms. The number of rotatable bonds is 5. The lowest BCUT2D eigenvalue weighted by Crippen LogP contribution is -2.29. The van der Waals surface area contributed by atoms with Crippen molar-refractivity contribution in [1.29, 1.82) is 0 Å². The van der Waals surface area contributed by atoms with Gasteiger partial charge >= 0.3 is 0 Å². The average Bonchev–Trinajstić information content (AvgIpc) is 2.99. The molecule has 0 aliphatic rings. The first kappa shape index (κ1) is 13.7. The topological polar surface area (TPSA) is 71.2 Å². The first-order valence-electron chi connectivity index (χ1n) is 5.89. The molecule has 2 aromatic heterocycles. The number of amides is 1. The second kappa shape index (κ2) is 5.94. The molecule has 0 saturated carbocycles. The van der Waals surface area contributed by atoms with E-state index in [1.54, 1.807) is 36.4 Å². The van der Waals surface area contributed by atoms with Gasteiger partial charge in [0.15, 0.2) is 0 Å². The zero-order chi connectivity index (χ0) is 13.8. The molecular formula is C12H16N4O2S. The normalized spacial score (nSPS) is 12.4. The van der Waals surface area contributed by atoms with E-state index in [4.69, 9.17) is 0 Å². The Morgan fingerprint density at radius 3 is 3.00 bits per heavy atom. The van der Waals surface area contributed by atoms with E-state index >= 15 is 0 Å². The number of aromatic nitrogens is 3. The van der Waals surface area contributed by atoms with Crippen LogP contribution >= 0.6 is 11.3 Å². The lowest BCUT2D eigenvalue weighted by Gasteiger charge is -2.16. The molecule has 0 aliphatic carbocycles. The van der Waals surface area contributed by atoms with Crippen LogP contribution in [0.15, 0.2) is 23.0 Å². The second-order valence-corrected chi connectivity index (χ2v) is 5.18. The third-order valence-corrected chi connectivity index (χ3v) is 3.44. The predicted octanol–water partition coefficient (Wildman–Crippen LogP) is 1.05. The summed E-state index contributed by atoms with van der Waals surface area (Å²) >= 11 is 1.61. The van der Waals surface area contributed by atoms with Crippen molar-refractivity contribution < 1.29 is 9.90 Å². The van der Waals surface area contributed by atoms with Crippen molar-refractivity contribution in [3.8, 4) is 0 Å². The summed E-state index contributed by atoms with van der Waals surface area (Å²) < 4.78 is 1.44. The highest BCUT2D eigenvalue weighted by atomic mass is 32.1. The molecule has 1 amide bonds. The summed E-state index contributed by atoms with van der Waals surface area (Å²) in [6.07, 6.45) is 0.911. The van der Waals surface area contributed by atoms with E-state index in [1.165, 1.54) is 4.68 Å². The van der Waals surface area contributed by atoms with Gasteiger partial charge in [0.25, 0.3) is 0 Å². The molecule has 0 aromatic carbocycles. The van der Waals surface area contributed by atoms with Gasteiger partial charge in [0, 0.05) is 13.6 Å². The molecule has 19 heavy (non-hydrogen) atoms. The van der Waals surface area contributed by atoms with Crippen LogP contribution in [-0.4, -0.2) is 38.0 Å². The summed E-state index contributed by atoms with van der Waals surface area (Å²) in [5, 5.41) is 21.0. The smallest absolute Gasteiger partial charge is 0.244 e. The Morgan fingerprint density at radius 2 is 2.42 bits per heavy atom. The first-order chi connectivity index (χ1) is 9.06. The first-order valence-corrected chi connectivity index (χ1v) is 6.83. The monoisotopic (exact) mass is 280 g/mol.